The molecule has 0 atom stereocenters. The summed E-state index contributed by atoms with van der Waals surface area (Å²) in [7, 11) is 0. The standard InChI is InChI=1S/C21H24N2O4/c1-21(2,3)17-10-8-16(9-11-17)19(26)22-12-14-4-6-15(7-5-14)20(27)23-13-18(24)25/h4-11H,12-13H2,1-3H3,(H,22,26)(H,23,27)(H,24,25). The molecule has 0 spiro atoms. The molecule has 0 saturated heterocycles. The van der Waals surface area contributed by atoms with E-state index in [1.807, 2.05) is 24.3 Å². The number of hydrogen-bond donors (Lipinski definition) is 3. The zero-order valence-electron chi connectivity index (χ0n) is 15.7. The van der Waals surface area contributed by atoms with Crippen LogP contribution in [0.15, 0.2) is 48.5 Å². The predicted octanol–water partition coefficient (Wildman–Crippen LogP) is 2.73. The summed E-state index contributed by atoms with van der Waals surface area (Å²) >= 11 is 0. The molecule has 0 unspecified atom stereocenters. The van der Waals surface area contributed by atoms with Gasteiger partial charge in [-0.05, 0) is 40.8 Å². The van der Waals surface area contributed by atoms with Gasteiger partial charge in [0, 0.05) is 17.7 Å². The number of hydrogen-bond acceptors (Lipinski definition) is 3. The number of carboxylic acid groups (broad SMARTS) is 1. The maximum Gasteiger partial charge on any atom is 0.322 e. The molecule has 0 aliphatic carbocycles. The first kappa shape index (κ1) is 20.2. The third-order valence-corrected chi connectivity index (χ3v) is 4.08. The van der Waals surface area contributed by atoms with Crippen LogP contribution in [0.25, 0.3) is 0 Å². The first-order chi connectivity index (χ1) is 12.7. The highest BCUT2D eigenvalue weighted by molar-refractivity contribution is 5.96. The SMILES string of the molecule is CC(C)(C)c1ccc(C(=O)NCc2ccc(C(=O)NCC(=O)O)cc2)cc1. The molecule has 0 aromatic heterocycles. The van der Waals surface area contributed by atoms with Crippen molar-refractivity contribution < 1.29 is 19.5 Å². The molecule has 6 nitrogen and oxygen atoms in total. The highest BCUT2D eigenvalue weighted by atomic mass is 16.4. The monoisotopic (exact) mass is 368 g/mol. The van der Waals surface area contributed by atoms with E-state index in [0.717, 1.165) is 11.1 Å². The van der Waals surface area contributed by atoms with Gasteiger partial charge in [-0.2, -0.15) is 0 Å². The average Bonchev–Trinajstić information content (AvgIpc) is 2.64. The zero-order valence-corrected chi connectivity index (χ0v) is 15.7. The third-order valence-electron chi connectivity index (χ3n) is 4.08. The molecule has 0 aliphatic rings. The van der Waals surface area contributed by atoms with Crippen LogP contribution in [0, 0.1) is 0 Å². The second-order valence-corrected chi connectivity index (χ2v) is 7.28. The number of rotatable bonds is 6. The maximum absolute atomic E-state index is 12.3. The molecule has 0 fully saturated rings. The van der Waals surface area contributed by atoms with Crippen LogP contribution in [0.1, 0.15) is 52.6 Å². The summed E-state index contributed by atoms with van der Waals surface area (Å²) in [5.41, 5.74) is 2.99. The van der Waals surface area contributed by atoms with Crippen molar-refractivity contribution in [2.45, 2.75) is 32.7 Å². The maximum atomic E-state index is 12.3. The van der Waals surface area contributed by atoms with Gasteiger partial charge in [0.05, 0.1) is 0 Å². The molecule has 0 bridgehead atoms. The van der Waals surface area contributed by atoms with Gasteiger partial charge in [-0.25, -0.2) is 0 Å². The van der Waals surface area contributed by atoms with Gasteiger partial charge in [0.2, 0.25) is 0 Å². The second kappa shape index (κ2) is 8.49. The molecule has 0 aliphatic heterocycles. The third kappa shape index (κ3) is 5.95. The summed E-state index contributed by atoms with van der Waals surface area (Å²) in [6, 6.07) is 14.2. The average molecular weight is 368 g/mol. The van der Waals surface area contributed by atoms with Crippen molar-refractivity contribution in [3.63, 3.8) is 0 Å². The Morgan fingerprint density at radius 3 is 1.78 bits per heavy atom. The van der Waals surface area contributed by atoms with Crippen molar-refractivity contribution in [2.75, 3.05) is 6.54 Å². The van der Waals surface area contributed by atoms with Gasteiger partial charge >= 0.3 is 5.97 Å². The molecule has 0 saturated carbocycles. The number of carbonyl (C=O) groups excluding carboxylic acids is 2. The highest BCUT2D eigenvalue weighted by Crippen LogP contribution is 2.22. The number of benzene rings is 2. The van der Waals surface area contributed by atoms with E-state index in [1.165, 1.54) is 0 Å². The topological polar surface area (TPSA) is 95.5 Å². The lowest BCUT2D eigenvalue weighted by Gasteiger charge is -2.19. The molecule has 3 N–H and O–H groups in total. The van der Waals surface area contributed by atoms with Crippen LogP contribution < -0.4 is 10.6 Å². The summed E-state index contributed by atoms with van der Waals surface area (Å²) in [6.07, 6.45) is 0. The van der Waals surface area contributed by atoms with E-state index >= 15 is 0 Å². The minimum absolute atomic E-state index is 0.0352. The Morgan fingerprint density at radius 1 is 0.815 bits per heavy atom. The number of aliphatic carboxylic acids is 1. The van der Waals surface area contributed by atoms with Crippen molar-refractivity contribution in [3.05, 3.63) is 70.8 Å². The van der Waals surface area contributed by atoms with Gasteiger partial charge in [-0.3, -0.25) is 14.4 Å². The van der Waals surface area contributed by atoms with Gasteiger partial charge in [-0.15, -0.1) is 0 Å². The molecule has 2 amide bonds. The van der Waals surface area contributed by atoms with E-state index in [-0.39, 0.29) is 11.3 Å². The molecular formula is C21H24N2O4. The summed E-state index contributed by atoms with van der Waals surface area (Å²) in [5.74, 6) is -1.72. The van der Waals surface area contributed by atoms with Gasteiger partial charge in [0.25, 0.3) is 11.8 Å². The molecule has 142 valence electrons. The van der Waals surface area contributed by atoms with Crippen molar-refractivity contribution in [1.29, 1.82) is 0 Å². The Balaban J connectivity index is 1.91. The van der Waals surface area contributed by atoms with Crippen molar-refractivity contribution in [3.8, 4) is 0 Å². The highest BCUT2D eigenvalue weighted by Gasteiger charge is 2.14. The van der Waals surface area contributed by atoms with Gasteiger partial charge < -0.3 is 15.7 Å². The normalized spacial score (nSPS) is 10.9. The van der Waals surface area contributed by atoms with Gasteiger partial charge in [0.15, 0.2) is 0 Å². The number of carboxylic acids is 1. The fourth-order valence-corrected chi connectivity index (χ4v) is 2.44. The molecule has 2 aromatic carbocycles. The largest absolute Gasteiger partial charge is 0.480 e. The van der Waals surface area contributed by atoms with Gasteiger partial charge in [-0.1, -0.05) is 45.0 Å². The first-order valence-electron chi connectivity index (χ1n) is 8.64. The van der Waals surface area contributed by atoms with Crippen LogP contribution in [-0.4, -0.2) is 29.4 Å². The minimum Gasteiger partial charge on any atom is -0.480 e. The molecular weight excluding hydrogens is 344 g/mol. The molecule has 27 heavy (non-hydrogen) atoms. The van der Waals surface area contributed by atoms with Crippen LogP contribution in [0.3, 0.4) is 0 Å². The van der Waals surface area contributed by atoms with Crippen LogP contribution in [0.5, 0.6) is 0 Å². The van der Waals surface area contributed by atoms with E-state index in [4.69, 9.17) is 5.11 Å². The van der Waals surface area contributed by atoms with E-state index in [0.29, 0.717) is 17.7 Å². The lowest BCUT2D eigenvalue weighted by molar-refractivity contribution is -0.135. The van der Waals surface area contributed by atoms with Crippen LogP contribution in [0.2, 0.25) is 0 Å². The summed E-state index contributed by atoms with van der Waals surface area (Å²) < 4.78 is 0. The Labute approximate surface area is 158 Å². The number of nitrogens with one attached hydrogen (secondary N) is 2. The predicted molar refractivity (Wildman–Crippen MR) is 103 cm³/mol. The van der Waals surface area contributed by atoms with Crippen LogP contribution in [0.4, 0.5) is 0 Å². The molecule has 2 rings (SSSR count). The quantitative estimate of drug-likeness (QED) is 0.730. The number of amides is 2. The summed E-state index contributed by atoms with van der Waals surface area (Å²) in [4.78, 5) is 34.5. The van der Waals surface area contributed by atoms with E-state index in [1.54, 1.807) is 24.3 Å². The smallest absolute Gasteiger partial charge is 0.322 e. The van der Waals surface area contributed by atoms with E-state index < -0.39 is 18.4 Å². The molecule has 0 heterocycles. The zero-order chi connectivity index (χ0) is 20.0. The Morgan fingerprint density at radius 2 is 1.30 bits per heavy atom. The summed E-state index contributed by atoms with van der Waals surface area (Å²) in [5, 5.41) is 13.7. The van der Waals surface area contributed by atoms with Gasteiger partial charge in [0.1, 0.15) is 6.54 Å². The first-order valence-corrected chi connectivity index (χ1v) is 8.64. The molecule has 0 radical (unpaired) electrons. The Kier molecular flexibility index (Phi) is 6.34. The Bertz CT molecular complexity index is 819. The fraction of sp³-hybridized carbons (Fsp3) is 0.286. The molecule has 6 heteroatoms. The lowest BCUT2D eigenvalue weighted by Crippen LogP contribution is -2.29. The van der Waals surface area contributed by atoms with Crippen molar-refractivity contribution in [1.82, 2.24) is 10.6 Å². The van der Waals surface area contributed by atoms with Crippen molar-refractivity contribution >= 4 is 17.8 Å². The minimum atomic E-state index is -1.10. The van der Waals surface area contributed by atoms with Crippen molar-refractivity contribution in [2.24, 2.45) is 0 Å². The van der Waals surface area contributed by atoms with Crippen LogP contribution >= 0.6 is 0 Å². The second-order valence-electron chi connectivity index (χ2n) is 7.28. The van der Waals surface area contributed by atoms with Crippen LogP contribution in [-0.2, 0) is 16.8 Å². The lowest BCUT2D eigenvalue weighted by atomic mass is 9.87. The molecule has 2 aromatic rings. The van der Waals surface area contributed by atoms with E-state index in [2.05, 4.69) is 31.4 Å². The fourth-order valence-electron chi connectivity index (χ4n) is 2.44. The summed E-state index contributed by atoms with van der Waals surface area (Å²) in [6.45, 7) is 6.26. The van der Waals surface area contributed by atoms with E-state index in [9.17, 15) is 14.4 Å². The Hall–Kier alpha value is -3.15. The number of carbonyl (C=O) groups is 3.